The van der Waals surface area contributed by atoms with Crippen molar-refractivity contribution in [3.8, 4) is 11.1 Å². The first kappa shape index (κ1) is 18.9. The minimum atomic E-state index is -3.70. The van der Waals surface area contributed by atoms with Crippen LogP contribution >= 0.6 is 0 Å². The van der Waals surface area contributed by atoms with E-state index in [1.54, 1.807) is 6.92 Å². The monoisotopic (exact) mass is 381 g/mol. The van der Waals surface area contributed by atoms with Crippen LogP contribution in [0.25, 0.3) is 11.1 Å². The molecule has 2 aromatic carbocycles. The van der Waals surface area contributed by atoms with E-state index in [0.717, 1.165) is 6.07 Å². The lowest BCUT2D eigenvalue weighted by Gasteiger charge is -2.26. The van der Waals surface area contributed by atoms with Gasteiger partial charge in [0, 0.05) is 17.7 Å². The Hall–Kier alpha value is -1.83. The topological polar surface area (TPSA) is 66.4 Å². The maximum atomic E-state index is 14.0. The SMILES string of the molecule is Cc1cc(S(=O)(=O)N[C@H]2CC[C@@H](O)CC2)ccc1-c1ccc(F)cc1F. The summed E-state index contributed by atoms with van der Waals surface area (Å²) in [5.41, 5.74) is 1.32. The van der Waals surface area contributed by atoms with Gasteiger partial charge in [-0.2, -0.15) is 0 Å². The predicted molar refractivity (Wildman–Crippen MR) is 95.1 cm³/mol. The first-order valence-corrected chi connectivity index (χ1v) is 10.0. The lowest BCUT2D eigenvalue weighted by Crippen LogP contribution is -2.38. The molecule has 0 radical (unpaired) electrons. The molecular weight excluding hydrogens is 360 g/mol. The molecule has 0 atom stereocenters. The van der Waals surface area contributed by atoms with Gasteiger partial charge in [-0.15, -0.1) is 0 Å². The number of aliphatic hydroxyl groups is 1. The number of hydrogen-bond acceptors (Lipinski definition) is 3. The Labute approximate surface area is 151 Å². The Morgan fingerprint density at radius 1 is 1.00 bits per heavy atom. The van der Waals surface area contributed by atoms with Crippen LogP contribution in [0.4, 0.5) is 8.78 Å². The van der Waals surface area contributed by atoms with E-state index in [1.807, 2.05) is 0 Å². The van der Waals surface area contributed by atoms with Crippen LogP contribution < -0.4 is 4.72 Å². The second-order valence-corrected chi connectivity index (χ2v) is 8.44. The van der Waals surface area contributed by atoms with E-state index in [9.17, 15) is 22.3 Å². The Morgan fingerprint density at radius 2 is 1.65 bits per heavy atom. The third kappa shape index (κ3) is 4.11. The van der Waals surface area contributed by atoms with Gasteiger partial charge in [0.25, 0.3) is 0 Å². The van der Waals surface area contributed by atoms with Crippen molar-refractivity contribution in [2.24, 2.45) is 0 Å². The summed E-state index contributed by atoms with van der Waals surface area (Å²) in [4.78, 5) is 0.104. The standard InChI is InChI=1S/C19H21F2NO3S/c1-12-10-16(26(24,25)22-14-3-5-15(23)6-4-14)7-9-17(12)18-8-2-13(20)11-19(18)21/h2,7-11,14-15,22-23H,3-6H2,1H3/t14-,15+. The maximum absolute atomic E-state index is 14.0. The molecule has 0 aromatic heterocycles. The van der Waals surface area contributed by atoms with Gasteiger partial charge in [0.1, 0.15) is 11.6 Å². The van der Waals surface area contributed by atoms with Crippen LogP contribution in [0.15, 0.2) is 41.3 Å². The van der Waals surface area contributed by atoms with Gasteiger partial charge < -0.3 is 5.11 Å². The number of aryl methyl sites for hydroxylation is 1. The summed E-state index contributed by atoms with van der Waals surface area (Å²) in [5, 5.41) is 9.53. The summed E-state index contributed by atoms with van der Waals surface area (Å²) in [6.07, 6.45) is 1.99. The van der Waals surface area contributed by atoms with Crippen molar-refractivity contribution < 1.29 is 22.3 Å². The molecule has 0 bridgehead atoms. The van der Waals surface area contributed by atoms with Gasteiger partial charge in [-0.05, 0) is 68.0 Å². The van der Waals surface area contributed by atoms with Gasteiger partial charge >= 0.3 is 0 Å². The predicted octanol–water partition coefficient (Wildman–Crippen LogP) is 3.52. The zero-order valence-electron chi connectivity index (χ0n) is 14.4. The lowest BCUT2D eigenvalue weighted by molar-refractivity contribution is 0.120. The number of hydrogen-bond donors (Lipinski definition) is 2. The molecule has 1 aliphatic rings. The fraction of sp³-hybridized carbons (Fsp3) is 0.368. The van der Waals surface area contributed by atoms with Crippen LogP contribution in [-0.2, 0) is 10.0 Å². The Morgan fingerprint density at radius 3 is 2.27 bits per heavy atom. The third-order valence-corrected chi connectivity index (χ3v) is 6.27. The molecule has 2 N–H and O–H groups in total. The van der Waals surface area contributed by atoms with E-state index in [2.05, 4.69) is 4.72 Å². The molecule has 26 heavy (non-hydrogen) atoms. The molecule has 0 saturated heterocycles. The van der Waals surface area contributed by atoms with Crippen LogP contribution in [0.3, 0.4) is 0 Å². The number of nitrogens with one attached hydrogen (secondary N) is 1. The molecule has 140 valence electrons. The highest BCUT2D eigenvalue weighted by Crippen LogP contribution is 2.29. The summed E-state index contributed by atoms with van der Waals surface area (Å²) in [6.45, 7) is 1.69. The molecule has 7 heteroatoms. The lowest BCUT2D eigenvalue weighted by atomic mass is 9.94. The van der Waals surface area contributed by atoms with E-state index in [-0.39, 0.29) is 22.6 Å². The zero-order chi connectivity index (χ0) is 18.9. The van der Waals surface area contributed by atoms with Gasteiger partial charge in [0.2, 0.25) is 10.0 Å². The average Bonchev–Trinajstić information content (AvgIpc) is 2.57. The molecule has 1 aliphatic carbocycles. The Balaban J connectivity index is 1.84. The molecule has 0 amide bonds. The summed E-state index contributed by atoms with van der Waals surface area (Å²) < 4.78 is 55.0. The fourth-order valence-electron chi connectivity index (χ4n) is 3.29. The van der Waals surface area contributed by atoms with E-state index >= 15 is 0 Å². The molecule has 1 saturated carbocycles. The van der Waals surface area contributed by atoms with Crippen molar-refractivity contribution in [1.82, 2.24) is 4.72 Å². The normalized spacial score (nSPS) is 20.9. The molecule has 2 aromatic rings. The smallest absolute Gasteiger partial charge is 0.240 e. The van der Waals surface area contributed by atoms with Crippen LogP contribution in [0.1, 0.15) is 31.2 Å². The minimum Gasteiger partial charge on any atom is -0.393 e. The van der Waals surface area contributed by atoms with Crippen LogP contribution in [-0.4, -0.2) is 25.7 Å². The van der Waals surface area contributed by atoms with Gasteiger partial charge in [0.05, 0.1) is 11.0 Å². The second kappa shape index (κ2) is 7.42. The van der Waals surface area contributed by atoms with Crippen molar-refractivity contribution >= 4 is 10.0 Å². The Bertz CT molecular complexity index is 907. The summed E-state index contributed by atoms with van der Waals surface area (Å²) >= 11 is 0. The number of benzene rings is 2. The molecule has 0 aliphatic heterocycles. The molecule has 3 rings (SSSR count). The third-order valence-electron chi connectivity index (χ3n) is 4.75. The molecule has 4 nitrogen and oxygen atoms in total. The zero-order valence-corrected chi connectivity index (χ0v) is 15.2. The number of aliphatic hydroxyl groups excluding tert-OH is 1. The van der Waals surface area contributed by atoms with Gasteiger partial charge in [-0.25, -0.2) is 21.9 Å². The first-order valence-electron chi connectivity index (χ1n) is 8.53. The summed E-state index contributed by atoms with van der Waals surface area (Å²) in [5.74, 6) is -1.35. The highest BCUT2D eigenvalue weighted by atomic mass is 32.2. The molecule has 0 unspecified atom stereocenters. The van der Waals surface area contributed by atoms with Crippen molar-refractivity contribution in [2.45, 2.75) is 49.6 Å². The first-order chi connectivity index (χ1) is 12.3. The number of halogens is 2. The highest BCUT2D eigenvalue weighted by molar-refractivity contribution is 7.89. The number of rotatable bonds is 4. The number of sulfonamides is 1. The summed E-state index contributed by atoms with van der Waals surface area (Å²) in [7, 11) is -3.70. The maximum Gasteiger partial charge on any atom is 0.240 e. The van der Waals surface area contributed by atoms with Crippen molar-refractivity contribution in [1.29, 1.82) is 0 Å². The summed E-state index contributed by atoms with van der Waals surface area (Å²) in [6, 6.07) is 7.55. The van der Waals surface area contributed by atoms with Crippen molar-refractivity contribution in [3.63, 3.8) is 0 Å². The van der Waals surface area contributed by atoms with Crippen LogP contribution in [0.2, 0.25) is 0 Å². The highest BCUT2D eigenvalue weighted by Gasteiger charge is 2.25. The van der Waals surface area contributed by atoms with Crippen molar-refractivity contribution in [2.75, 3.05) is 0 Å². The molecular formula is C19H21F2NO3S. The molecule has 0 spiro atoms. The fourth-order valence-corrected chi connectivity index (χ4v) is 4.68. The van der Waals surface area contributed by atoms with Crippen LogP contribution in [0.5, 0.6) is 0 Å². The van der Waals surface area contributed by atoms with Gasteiger partial charge in [0.15, 0.2) is 0 Å². The van der Waals surface area contributed by atoms with Gasteiger partial charge in [-0.1, -0.05) is 6.07 Å². The molecule has 1 fully saturated rings. The van der Waals surface area contributed by atoms with E-state index < -0.39 is 21.7 Å². The van der Waals surface area contributed by atoms with E-state index in [1.165, 1.54) is 30.3 Å². The Kier molecular flexibility index (Phi) is 5.41. The van der Waals surface area contributed by atoms with E-state index in [0.29, 0.717) is 36.8 Å². The van der Waals surface area contributed by atoms with Gasteiger partial charge in [-0.3, -0.25) is 0 Å². The van der Waals surface area contributed by atoms with Crippen molar-refractivity contribution in [3.05, 3.63) is 53.6 Å². The van der Waals surface area contributed by atoms with Crippen LogP contribution in [0, 0.1) is 18.6 Å². The largest absolute Gasteiger partial charge is 0.393 e. The molecule has 0 heterocycles. The van der Waals surface area contributed by atoms with E-state index in [4.69, 9.17) is 0 Å². The minimum absolute atomic E-state index is 0.104. The second-order valence-electron chi connectivity index (χ2n) is 6.73. The average molecular weight is 381 g/mol. The quantitative estimate of drug-likeness (QED) is 0.852.